The van der Waals surface area contributed by atoms with E-state index in [2.05, 4.69) is 52.0 Å². The molecule has 0 radical (unpaired) electrons. The van der Waals surface area contributed by atoms with Crippen LogP contribution >= 0.6 is 11.3 Å². The number of hydrogen-bond donors (Lipinski definition) is 1. The van der Waals surface area contributed by atoms with E-state index in [1.54, 1.807) is 22.9 Å². The highest BCUT2D eigenvalue weighted by atomic mass is 32.1. The van der Waals surface area contributed by atoms with Crippen LogP contribution in [0.2, 0.25) is 0 Å². The van der Waals surface area contributed by atoms with E-state index in [1.807, 2.05) is 30.3 Å². The zero-order valence-corrected chi connectivity index (χ0v) is 16.8. The molecule has 0 aliphatic carbocycles. The van der Waals surface area contributed by atoms with Gasteiger partial charge in [0.2, 0.25) is 5.91 Å². The standard InChI is InChI=1S/C19H24N6OS/c1-13-22-23-24-25(13)15(10-14-8-6-5-7-9-14)18(26)20-11-17-21-16(12-27-17)19(2,3)4/h5-9,12,15H,10-11H2,1-4H3,(H,20,26). The van der Waals surface area contributed by atoms with E-state index < -0.39 is 6.04 Å². The normalized spacial score (nSPS) is 12.7. The summed E-state index contributed by atoms with van der Waals surface area (Å²) in [6.07, 6.45) is 0.518. The van der Waals surface area contributed by atoms with Crippen molar-refractivity contribution in [1.82, 2.24) is 30.5 Å². The molecule has 8 heteroatoms. The third-order valence-electron chi connectivity index (χ3n) is 4.26. The maximum absolute atomic E-state index is 12.9. The SMILES string of the molecule is Cc1nnnn1C(Cc1ccccc1)C(=O)NCc1nc(C(C)(C)C)cs1. The molecule has 142 valence electrons. The van der Waals surface area contributed by atoms with E-state index >= 15 is 0 Å². The van der Waals surface area contributed by atoms with Crippen LogP contribution in [0.3, 0.4) is 0 Å². The van der Waals surface area contributed by atoms with Crippen LogP contribution in [0.4, 0.5) is 0 Å². The molecule has 3 aromatic rings. The Morgan fingerprint density at radius 3 is 2.59 bits per heavy atom. The molecule has 2 heterocycles. The lowest BCUT2D eigenvalue weighted by atomic mass is 9.93. The van der Waals surface area contributed by atoms with Crippen molar-refractivity contribution in [3.63, 3.8) is 0 Å². The van der Waals surface area contributed by atoms with E-state index in [4.69, 9.17) is 0 Å². The van der Waals surface area contributed by atoms with Gasteiger partial charge >= 0.3 is 0 Å². The monoisotopic (exact) mass is 384 g/mol. The molecule has 0 fully saturated rings. The minimum Gasteiger partial charge on any atom is -0.348 e. The Kier molecular flexibility index (Phi) is 5.65. The molecule has 0 bridgehead atoms. The fourth-order valence-corrected chi connectivity index (χ4v) is 3.63. The number of nitrogens with zero attached hydrogens (tertiary/aromatic N) is 5. The van der Waals surface area contributed by atoms with E-state index in [0.717, 1.165) is 16.3 Å². The maximum Gasteiger partial charge on any atom is 0.245 e. The third-order valence-corrected chi connectivity index (χ3v) is 5.11. The number of hydrogen-bond acceptors (Lipinski definition) is 6. The van der Waals surface area contributed by atoms with Crippen molar-refractivity contribution in [1.29, 1.82) is 0 Å². The summed E-state index contributed by atoms with van der Waals surface area (Å²) in [5.74, 6) is 0.483. The van der Waals surface area contributed by atoms with Crippen LogP contribution in [0.5, 0.6) is 0 Å². The highest BCUT2D eigenvalue weighted by Crippen LogP contribution is 2.24. The van der Waals surface area contributed by atoms with Gasteiger partial charge in [0, 0.05) is 17.2 Å². The molecular formula is C19H24N6OS. The van der Waals surface area contributed by atoms with Crippen LogP contribution in [0.15, 0.2) is 35.7 Å². The molecule has 0 saturated carbocycles. The predicted molar refractivity (Wildman–Crippen MR) is 104 cm³/mol. The quantitative estimate of drug-likeness (QED) is 0.706. The fraction of sp³-hybridized carbons (Fsp3) is 0.421. The number of nitrogens with one attached hydrogen (secondary N) is 1. The summed E-state index contributed by atoms with van der Waals surface area (Å²) in [7, 11) is 0. The van der Waals surface area contributed by atoms with E-state index in [1.165, 1.54) is 0 Å². The summed E-state index contributed by atoms with van der Waals surface area (Å²) in [6.45, 7) is 8.57. The number of rotatable bonds is 6. The third kappa shape index (κ3) is 4.77. The Labute approximate surface area is 162 Å². The second-order valence-corrected chi connectivity index (χ2v) is 8.41. The number of aryl methyl sites for hydroxylation is 1. The van der Waals surface area contributed by atoms with Gasteiger partial charge in [-0.2, -0.15) is 0 Å². The van der Waals surface area contributed by atoms with Crippen LogP contribution in [-0.4, -0.2) is 31.1 Å². The van der Waals surface area contributed by atoms with E-state index in [-0.39, 0.29) is 11.3 Å². The molecule has 2 aromatic heterocycles. The maximum atomic E-state index is 12.9. The van der Waals surface area contributed by atoms with E-state index in [0.29, 0.717) is 18.8 Å². The van der Waals surface area contributed by atoms with Crippen LogP contribution in [0, 0.1) is 6.92 Å². The molecule has 0 spiro atoms. The zero-order valence-electron chi connectivity index (χ0n) is 16.0. The summed E-state index contributed by atoms with van der Waals surface area (Å²) in [5.41, 5.74) is 2.09. The molecule has 1 amide bonds. The topological polar surface area (TPSA) is 85.6 Å². The molecule has 1 N–H and O–H groups in total. The first-order valence-corrected chi connectivity index (χ1v) is 9.73. The van der Waals surface area contributed by atoms with Gasteiger partial charge in [-0.25, -0.2) is 9.67 Å². The second-order valence-electron chi connectivity index (χ2n) is 7.47. The van der Waals surface area contributed by atoms with Gasteiger partial charge in [-0.1, -0.05) is 51.1 Å². The highest BCUT2D eigenvalue weighted by Gasteiger charge is 2.24. The van der Waals surface area contributed by atoms with Gasteiger partial charge in [-0.15, -0.1) is 16.4 Å². The smallest absolute Gasteiger partial charge is 0.245 e. The Morgan fingerprint density at radius 2 is 2.00 bits per heavy atom. The largest absolute Gasteiger partial charge is 0.348 e. The molecule has 1 aromatic carbocycles. The Hall–Kier alpha value is -2.61. The molecule has 0 saturated heterocycles. The first-order chi connectivity index (χ1) is 12.8. The van der Waals surface area contributed by atoms with E-state index in [9.17, 15) is 4.79 Å². The molecule has 7 nitrogen and oxygen atoms in total. The average molecular weight is 385 g/mol. The van der Waals surface area contributed by atoms with Gasteiger partial charge < -0.3 is 5.32 Å². The van der Waals surface area contributed by atoms with Crippen LogP contribution in [0.25, 0.3) is 0 Å². The van der Waals surface area contributed by atoms with Gasteiger partial charge in [0.15, 0.2) is 0 Å². The average Bonchev–Trinajstić information content (AvgIpc) is 3.27. The Bertz CT molecular complexity index is 896. The van der Waals surface area contributed by atoms with Gasteiger partial charge in [-0.3, -0.25) is 4.79 Å². The molecule has 1 atom stereocenters. The number of amides is 1. The molecule has 1 unspecified atom stereocenters. The number of thiazole rings is 1. The minimum atomic E-state index is -0.510. The zero-order chi connectivity index (χ0) is 19.4. The lowest BCUT2D eigenvalue weighted by Crippen LogP contribution is -2.34. The van der Waals surface area contributed by atoms with Crippen molar-refractivity contribution in [2.24, 2.45) is 0 Å². The van der Waals surface area contributed by atoms with Crippen molar-refractivity contribution < 1.29 is 4.79 Å². The summed E-state index contributed by atoms with van der Waals surface area (Å²) >= 11 is 1.56. The van der Waals surface area contributed by atoms with Crippen LogP contribution < -0.4 is 5.32 Å². The van der Waals surface area contributed by atoms with Crippen LogP contribution in [0.1, 0.15) is 48.9 Å². The number of benzene rings is 1. The van der Waals surface area contributed by atoms with Crippen molar-refractivity contribution in [2.75, 3.05) is 0 Å². The van der Waals surface area contributed by atoms with Gasteiger partial charge in [0.05, 0.1) is 12.2 Å². The Balaban J connectivity index is 1.73. The fourth-order valence-electron chi connectivity index (χ4n) is 2.67. The van der Waals surface area contributed by atoms with Crippen molar-refractivity contribution in [2.45, 2.75) is 52.1 Å². The summed E-state index contributed by atoms with van der Waals surface area (Å²) in [6, 6.07) is 9.35. The van der Waals surface area contributed by atoms with Gasteiger partial charge in [0.25, 0.3) is 0 Å². The predicted octanol–water partition coefficient (Wildman–Crippen LogP) is 2.84. The lowest BCUT2D eigenvalue weighted by molar-refractivity contribution is -0.124. The first kappa shape index (κ1) is 19.2. The molecule has 0 aliphatic rings. The number of carbonyl (C=O) groups excluding carboxylic acids is 1. The highest BCUT2D eigenvalue weighted by molar-refractivity contribution is 7.09. The van der Waals surface area contributed by atoms with Crippen molar-refractivity contribution >= 4 is 17.2 Å². The lowest BCUT2D eigenvalue weighted by Gasteiger charge is -2.17. The summed E-state index contributed by atoms with van der Waals surface area (Å²) in [4.78, 5) is 17.6. The van der Waals surface area contributed by atoms with Gasteiger partial charge in [-0.05, 0) is 22.9 Å². The number of tetrazole rings is 1. The Morgan fingerprint density at radius 1 is 1.26 bits per heavy atom. The van der Waals surface area contributed by atoms with Crippen LogP contribution in [-0.2, 0) is 23.2 Å². The number of carbonyl (C=O) groups is 1. The second kappa shape index (κ2) is 7.96. The first-order valence-electron chi connectivity index (χ1n) is 8.85. The van der Waals surface area contributed by atoms with Crippen molar-refractivity contribution in [3.05, 3.63) is 57.8 Å². The molecule has 3 rings (SSSR count). The molecule has 27 heavy (non-hydrogen) atoms. The molecule has 0 aliphatic heterocycles. The number of aromatic nitrogens is 5. The summed E-state index contributed by atoms with van der Waals surface area (Å²) < 4.78 is 1.57. The van der Waals surface area contributed by atoms with Gasteiger partial charge in [0.1, 0.15) is 16.9 Å². The van der Waals surface area contributed by atoms with Crippen molar-refractivity contribution in [3.8, 4) is 0 Å². The molecular weight excluding hydrogens is 360 g/mol. The minimum absolute atomic E-state index is 0.00187. The summed E-state index contributed by atoms with van der Waals surface area (Å²) in [5, 5.41) is 17.5.